The molecule has 1 unspecified atom stereocenters. The van der Waals surface area contributed by atoms with Crippen LogP contribution in [0.15, 0.2) is 60.7 Å². The van der Waals surface area contributed by atoms with Crippen LogP contribution in [0.4, 0.5) is 5.69 Å². The first kappa shape index (κ1) is 10.9. The van der Waals surface area contributed by atoms with Crippen molar-refractivity contribution < 1.29 is 9.90 Å². The van der Waals surface area contributed by atoms with Gasteiger partial charge in [0.2, 0.25) is 0 Å². The average molecular weight is 214 g/mol. The van der Waals surface area contributed by atoms with E-state index in [1.807, 2.05) is 36.4 Å². The fourth-order valence-electron chi connectivity index (χ4n) is 1.70. The summed E-state index contributed by atoms with van der Waals surface area (Å²) in [6, 6.07) is 20.6. The molecule has 2 aromatic rings. The number of rotatable bonds is 4. The van der Waals surface area contributed by atoms with E-state index in [4.69, 9.17) is 4.84 Å². The predicted molar refractivity (Wildman–Crippen MR) is 64.2 cm³/mol. The summed E-state index contributed by atoms with van der Waals surface area (Å²) in [6.45, 7) is 0.835. The number of quaternary nitrogens is 1. The number of para-hydroxylation sites is 1. The van der Waals surface area contributed by atoms with Crippen LogP contribution in [0, 0.1) is 0 Å². The molecule has 0 aliphatic carbocycles. The van der Waals surface area contributed by atoms with E-state index >= 15 is 0 Å². The molecule has 0 radical (unpaired) electrons. The molecule has 16 heavy (non-hydrogen) atoms. The Morgan fingerprint density at radius 1 is 0.875 bits per heavy atom. The lowest BCUT2D eigenvalue weighted by atomic mass is 10.2. The van der Waals surface area contributed by atoms with Gasteiger partial charge in [-0.2, -0.15) is 5.06 Å². The number of nitrogens with one attached hydrogen (secondary N) is 1. The van der Waals surface area contributed by atoms with Crippen LogP contribution in [0.5, 0.6) is 0 Å². The van der Waals surface area contributed by atoms with E-state index in [0.29, 0.717) is 0 Å². The molecule has 0 aromatic heterocycles. The van der Waals surface area contributed by atoms with Gasteiger partial charge in [0.25, 0.3) is 0 Å². The monoisotopic (exact) mass is 214 g/mol. The highest BCUT2D eigenvalue weighted by molar-refractivity contribution is 5.27. The zero-order valence-electron chi connectivity index (χ0n) is 9.39. The first-order valence-corrected chi connectivity index (χ1v) is 5.39. The summed E-state index contributed by atoms with van der Waals surface area (Å²) in [4.78, 5) is 5.46. The van der Waals surface area contributed by atoms with Gasteiger partial charge in [0, 0.05) is 17.7 Å². The van der Waals surface area contributed by atoms with E-state index in [2.05, 4.69) is 24.3 Å². The Labute approximate surface area is 96.0 Å². The largest absolute Gasteiger partial charge is 0.202 e. The summed E-state index contributed by atoms with van der Waals surface area (Å²) in [7, 11) is 1.73. The van der Waals surface area contributed by atoms with Crippen LogP contribution in [-0.4, -0.2) is 7.11 Å². The van der Waals surface area contributed by atoms with E-state index in [1.54, 1.807) is 7.11 Å². The Bertz CT molecular complexity index is 413. The second-order valence-corrected chi connectivity index (χ2v) is 3.66. The molecule has 0 aliphatic rings. The molecule has 0 heterocycles. The van der Waals surface area contributed by atoms with E-state index < -0.39 is 0 Å². The second-order valence-electron chi connectivity index (χ2n) is 3.66. The Kier molecular flexibility index (Phi) is 3.70. The van der Waals surface area contributed by atoms with Crippen LogP contribution in [-0.2, 0) is 11.4 Å². The van der Waals surface area contributed by atoms with Crippen LogP contribution in [0.2, 0.25) is 0 Å². The molecule has 2 heteroatoms. The van der Waals surface area contributed by atoms with Crippen molar-refractivity contribution in [2.75, 3.05) is 7.11 Å². The van der Waals surface area contributed by atoms with Crippen molar-refractivity contribution in [2.24, 2.45) is 0 Å². The maximum Gasteiger partial charge on any atom is 0.163 e. The quantitative estimate of drug-likeness (QED) is 0.768. The van der Waals surface area contributed by atoms with Gasteiger partial charge >= 0.3 is 0 Å². The van der Waals surface area contributed by atoms with Crippen LogP contribution in [0.1, 0.15) is 5.56 Å². The molecule has 0 bridgehead atoms. The van der Waals surface area contributed by atoms with Crippen LogP contribution in [0.3, 0.4) is 0 Å². The van der Waals surface area contributed by atoms with Crippen molar-refractivity contribution in [3.8, 4) is 0 Å². The molecule has 2 nitrogen and oxygen atoms in total. The predicted octanol–water partition coefficient (Wildman–Crippen LogP) is 1.96. The molecule has 0 fully saturated rings. The molecular weight excluding hydrogens is 198 g/mol. The Hall–Kier alpha value is -1.64. The van der Waals surface area contributed by atoms with Gasteiger partial charge in [-0.15, -0.1) is 0 Å². The highest BCUT2D eigenvalue weighted by atomic mass is 16.7. The van der Waals surface area contributed by atoms with Crippen LogP contribution in [0.25, 0.3) is 0 Å². The minimum Gasteiger partial charge on any atom is -0.202 e. The van der Waals surface area contributed by atoms with Gasteiger partial charge in [0.15, 0.2) is 5.69 Å². The Balaban J connectivity index is 2.13. The van der Waals surface area contributed by atoms with Gasteiger partial charge in [-0.25, -0.2) is 4.84 Å². The molecule has 0 amide bonds. The van der Waals surface area contributed by atoms with Gasteiger partial charge < -0.3 is 0 Å². The molecule has 2 rings (SSSR count). The fourth-order valence-corrected chi connectivity index (χ4v) is 1.70. The summed E-state index contributed by atoms with van der Waals surface area (Å²) in [6.07, 6.45) is 0. The number of hydrogen-bond acceptors (Lipinski definition) is 1. The number of hydroxylamine groups is 1. The third kappa shape index (κ3) is 2.69. The zero-order chi connectivity index (χ0) is 11.2. The number of hydrogen-bond donors (Lipinski definition) is 1. The maximum atomic E-state index is 5.46. The Morgan fingerprint density at radius 3 is 2.00 bits per heavy atom. The van der Waals surface area contributed by atoms with Crippen molar-refractivity contribution in [3.05, 3.63) is 66.2 Å². The van der Waals surface area contributed by atoms with Crippen LogP contribution >= 0.6 is 0 Å². The smallest absolute Gasteiger partial charge is 0.163 e. The third-order valence-corrected chi connectivity index (χ3v) is 2.55. The lowest BCUT2D eigenvalue weighted by Gasteiger charge is -2.14. The van der Waals surface area contributed by atoms with Crippen molar-refractivity contribution >= 4 is 5.69 Å². The first-order chi connectivity index (χ1) is 7.90. The normalized spacial score (nSPS) is 12.3. The summed E-state index contributed by atoms with van der Waals surface area (Å²) in [5, 5.41) is 1.01. The molecule has 1 atom stereocenters. The van der Waals surface area contributed by atoms with Gasteiger partial charge in [0.05, 0.1) is 7.11 Å². The van der Waals surface area contributed by atoms with Gasteiger partial charge in [0.1, 0.15) is 6.54 Å². The highest BCUT2D eigenvalue weighted by Crippen LogP contribution is 2.01. The lowest BCUT2D eigenvalue weighted by molar-refractivity contribution is -1.05. The maximum absolute atomic E-state index is 5.46. The molecule has 0 saturated heterocycles. The fraction of sp³-hybridized carbons (Fsp3) is 0.143. The minimum atomic E-state index is 0.835. The van der Waals surface area contributed by atoms with E-state index in [-0.39, 0.29) is 0 Å². The van der Waals surface area contributed by atoms with Gasteiger partial charge in [-0.3, -0.25) is 0 Å². The topological polar surface area (TPSA) is 13.7 Å². The molecule has 0 aliphatic heterocycles. The SMILES string of the molecule is CO[NH+](Cc1ccccc1)c1ccccc1. The summed E-state index contributed by atoms with van der Waals surface area (Å²) < 4.78 is 0. The molecular formula is C14H16NO+. The van der Waals surface area contributed by atoms with Gasteiger partial charge in [-0.05, 0) is 0 Å². The van der Waals surface area contributed by atoms with Crippen molar-refractivity contribution in [1.82, 2.24) is 0 Å². The van der Waals surface area contributed by atoms with Crippen molar-refractivity contribution in [2.45, 2.75) is 6.54 Å². The molecule has 0 saturated carbocycles. The summed E-state index contributed by atoms with van der Waals surface area (Å²) in [5.74, 6) is 0. The lowest BCUT2D eigenvalue weighted by Crippen LogP contribution is -3.04. The third-order valence-electron chi connectivity index (χ3n) is 2.55. The van der Waals surface area contributed by atoms with Crippen molar-refractivity contribution in [1.29, 1.82) is 0 Å². The van der Waals surface area contributed by atoms with Crippen molar-refractivity contribution in [3.63, 3.8) is 0 Å². The summed E-state index contributed by atoms with van der Waals surface area (Å²) in [5.41, 5.74) is 2.41. The summed E-state index contributed by atoms with van der Waals surface area (Å²) >= 11 is 0. The van der Waals surface area contributed by atoms with E-state index in [9.17, 15) is 0 Å². The first-order valence-electron chi connectivity index (χ1n) is 5.39. The van der Waals surface area contributed by atoms with E-state index in [0.717, 1.165) is 17.3 Å². The number of benzene rings is 2. The molecule has 2 aromatic carbocycles. The van der Waals surface area contributed by atoms with Gasteiger partial charge in [-0.1, -0.05) is 48.5 Å². The Morgan fingerprint density at radius 2 is 1.44 bits per heavy atom. The zero-order valence-corrected chi connectivity index (χ0v) is 9.39. The standard InChI is InChI=1S/C14H15NO/c1-16-15(14-10-6-3-7-11-14)12-13-8-4-2-5-9-13/h2-11H,12H2,1H3/p+1. The average Bonchev–Trinajstić information content (AvgIpc) is 2.38. The minimum absolute atomic E-state index is 0.835. The highest BCUT2D eigenvalue weighted by Gasteiger charge is 2.11. The molecule has 0 spiro atoms. The second kappa shape index (κ2) is 5.45. The molecule has 82 valence electrons. The molecule has 1 N–H and O–H groups in total. The van der Waals surface area contributed by atoms with Crippen LogP contribution < -0.4 is 5.06 Å². The van der Waals surface area contributed by atoms with E-state index in [1.165, 1.54) is 5.56 Å².